The number of hydrogen-bond donors (Lipinski definition) is 2. The number of aryl methyl sites for hydroxylation is 1. The predicted octanol–water partition coefficient (Wildman–Crippen LogP) is 2.19. The van der Waals surface area contributed by atoms with Gasteiger partial charge in [-0.05, 0) is 18.6 Å². The van der Waals surface area contributed by atoms with Crippen molar-refractivity contribution in [2.75, 3.05) is 0 Å². The van der Waals surface area contributed by atoms with Crippen molar-refractivity contribution in [1.82, 2.24) is 0 Å². The fourth-order valence-electron chi connectivity index (χ4n) is 0.910. The summed E-state index contributed by atoms with van der Waals surface area (Å²) in [6.45, 7) is 1.48. The summed E-state index contributed by atoms with van der Waals surface area (Å²) >= 11 is 5.48. The minimum Gasteiger partial charge on any atom is -0.504 e. The first-order chi connectivity index (χ1) is 5.95. The summed E-state index contributed by atoms with van der Waals surface area (Å²) in [6, 6.07) is 1.07. The van der Waals surface area contributed by atoms with E-state index in [1.54, 1.807) is 0 Å². The average molecular weight is 205 g/mol. The molecule has 0 saturated heterocycles. The fourth-order valence-corrected chi connectivity index (χ4v) is 1.05. The number of carbonyl (C=O) groups is 1. The van der Waals surface area contributed by atoms with Crippen molar-refractivity contribution in [3.05, 3.63) is 28.0 Å². The maximum Gasteiger partial charge on any atom is 0.338 e. The van der Waals surface area contributed by atoms with Crippen molar-refractivity contribution in [3.8, 4) is 5.75 Å². The lowest BCUT2D eigenvalue weighted by molar-refractivity contribution is 0.0691. The molecule has 0 aliphatic carbocycles. The molecule has 0 amide bonds. The minimum atomic E-state index is -1.44. The molecule has 0 aliphatic heterocycles. The number of phenols is 1. The number of carboxylic acid groups (broad SMARTS) is 1. The molecule has 0 aromatic heterocycles. The van der Waals surface area contributed by atoms with E-state index in [-0.39, 0.29) is 5.02 Å². The Morgan fingerprint density at radius 1 is 1.62 bits per heavy atom. The summed E-state index contributed by atoms with van der Waals surface area (Å²) in [5.74, 6) is -3.46. The number of rotatable bonds is 1. The lowest BCUT2D eigenvalue weighted by Crippen LogP contribution is -2.01. The zero-order chi connectivity index (χ0) is 10.2. The Balaban J connectivity index is 3.50. The van der Waals surface area contributed by atoms with Crippen LogP contribution >= 0.6 is 11.6 Å². The first-order valence-electron chi connectivity index (χ1n) is 3.36. The normalized spacial score (nSPS) is 10.1. The third kappa shape index (κ3) is 1.58. The quantitative estimate of drug-likeness (QED) is 0.737. The van der Waals surface area contributed by atoms with Crippen LogP contribution in [0.2, 0.25) is 5.02 Å². The molecule has 0 saturated carbocycles. The van der Waals surface area contributed by atoms with Crippen molar-refractivity contribution in [2.24, 2.45) is 0 Å². The smallest absolute Gasteiger partial charge is 0.338 e. The van der Waals surface area contributed by atoms with Gasteiger partial charge in [0.2, 0.25) is 0 Å². The van der Waals surface area contributed by atoms with Crippen LogP contribution in [0, 0.1) is 12.7 Å². The van der Waals surface area contributed by atoms with Crippen molar-refractivity contribution < 1.29 is 19.4 Å². The van der Waals surface area contributed by atoms with Gasteiger partial charge in [-0.15, -0.1) is 0 Å². The fraction of sp³-hybridized carbons (Fsp3) is 0.125. The van der Waals surface area contributed by atoms with Gasteiger partial charge in [0, 0.05) is 0 Å². The Morgan fingerprint density at radius 2 is 2.15 bits per heavy atom. The minimum absolute atomic E-state index is 0.164. The van der Waals surface area contributed by atoms with Gasteiger partial charge < -0.3 is 10.2 Å². The third-order valence-corrected chi connectivity index (χ3v) is 2.07. The first kappa shape index (κ1) is 9.80. The lowest BCUT2D eigenvalue weighted by atomic mass is 10.1. The van der Waals surface area contributed by atoms with Crippen LogP contribution in [-0.2, 0) is 0 Å². The Bertz CT molecular complexity index is 376. The largest absolute Gasteiger partial charge is 0.504 e. The molecule has 0 bridgehead atoms. The van der Waals surface area contributed by atoms with Gasteiger partial charge in [-0.3, -0.25) is 0 Å². The molecule has 3 nitrogen and oxygen atoms in total. The Morgan fingerprint density at radius 3 is 2.62 bits per heavy atom. The van der Waals surface area contributed by atoms with Crippen LogP contribution < -0.4 is 0 Å². The zero-order valence-electron chi connectivity index (χ0n) is 6.64. The van der Waals surface area contributed by atoms with E-state index in [2.05, 4.69) is 0 Å². The van der Waals surface area contributed by atoms with Crippen LogP contribution in [-0.4, -0.2) is 16.2 Å². The van der Waals surface area contributed by atoms with E-state index in [1.807, 2.05) is 0 Å². The highest BCUT2D eigenvalue weighted by atomic mass is 35.5. The molecule has 0 unspecified atom stereocenters. The summed E-state index contributed by atoms with van der Waals surface area (Å²) in [5.41, 5.74) is -0.266. The molecule has 0 atom stereocenters. The summed E-state index contributed by atoms with van der Waals surface area (Å²) in [5, 5.41) is 17.4. The lowest BCUT2D eigenvalue weighted by Gasteiger charge is -2.04. The van der Waals surface area contributed by atoms with E-state index in [0.717, 1.165) is 6.07 Å². The summed E-state index contributed by atoms with van der Waals surface area (Å²) < 4.78 is 13.0. The molecule has 1 aromatic rings. The van der Waals surface area contributed by atoms with Gasteiger partial charge >= 0.3 is 5.97 Å². The van der Waals surface area contributed by atoms with Crippen molar-refractivity contribution in [3.63, 3.8) is 0 Å². The molecule has 0 fully saturated rings. The van der Waals surface area contributed by atoms with Gasteiger partial charge in [0.25, 0.3) is 0 Å². The van der Waals surface area contributed by atoms with E-state index < -0.39 is 23.1 Å². The number of phenolic OH excluding ortho intramolecular Hbond substituents is 1. The van der Waals surface area contributed by atoms with Crippen molar-refractivity contribution >= 4 is 17.6 Å². The number of hydrogen-bond acceptors (Lipinski definition) is 2. The molecule has 2 N–H and O–H groups in total. The van der Waals surface area contributed by atoms with Gasteiger partial charge in [-0.1, -0.05) is 11.6 Å². The van der Waals surface area contributed by atoms with Crippen LogP contribution in [0.1, 0.15) is 15.9 Å². The molecular weight excluding hydrogens is 199 g/mol. The molecule has 0 aliphatic rings. The van der Waals surface area contributed by atoms with E-state index in [9.17, 15) is 9.18 Å². The Kier molecular flexibility index (Phi) is 2.43. The topological polar surface area (TPSA) is 57.5 Å². The van der Waals surface area contributed by atoms with Crippen LogP contribution in [0.25, 0.3) is 0 Å². The Labute approximate surface area is 78.4 Å². The van der Waals surface area contributed by atoms with Gasteiger partial charge in [0.05, 0.1) is 10.6 Å². The standard InChI is InChI=1S/C8H6ClFO3/c1-3-2-4(8(12)13)6(10)7(11)5(3)9/h2,11H,1H3,(H,12,13). The van der Waals surface area contributed by atoms with Crippen LogP contribution in [0.3, 0.4) is 0 Å². The van der Waals surface area contributed by atoms with E-state index >= 15 is 0 Å². The number of halogens is 2. The number of benzene rings is 1. The second-order valence-electron chi connectivity index (χ2n) is 2.52. The van der Waals surface area contributed by atoms with Crippen molar-refractivity contribution in [2.45, 2.75) is 6.92 Å². The van der Waals surface area contributed by atoms with Gasteiger partial charge in [-0.2, -0.15) is 0 Å². The van der Waals surface area contributed by atoms with E-state index in [1.165, 1.54) is 6.92 Å². The number of aromatic carboxylic acids is 1. The second kappa shape index (κ2) is 3.22. The third-order valence-electron chi connectivity index (χ3n) is 1.59. The summed E-state index contributed by atoms with van der Waals surface area (Å²) in [6.07, 6.45) is 0. The molecule has 13 heavy (non-hydrogen) atoms. The maximum atomic E-state index is 13.0. The van der Waals surface area contributed by atoms with E-state index in [4.69, 9.17) is 21.8 Å². The number of aromatic hydroxyl groups is 1. The molecule has 1 rings (SSSR count). The average Bonchev–Trinajstić information content (AvgIpc) is 2.07. The number of carboxylic acids is 1. The van der Waals surface area contributed by atoms with Crippen LogP contribution in [0.15, 0.2) is 6.07 Å². The highest BCUT2D eigenvalue weighted by Crippen LogP contribution is 2.31. The molecule has 0 spiro atoms. The highest BCUT2D eigenvalue weighted by Gasteiger charge is 2.18. The first-order valence-corrected chi connectivity index (χ1v) is 3.73. The SMILES string of the molecule is Cc1cc(C(=O)O)c(F)c(O)c1Cl. The molecule has 70 valence electrons. The molecular formula is C8H6ClFO3. The maximum absolute atomic E-state index is 13.0. The molecule has 1 aromatic carbocycles. The van der Waals surface area contributed by atoms with Gasteiger partial charge in [0.1, 0.15) is 0 Å². The van der Waals surface area contributed by atoms with E-state index in [0.29, 0.717) is 5.56 Å². The molecule has 0 heterocycles. The Hall–Kier alpha value is -1.29. The van der Waals surface area contributed by atoms with Gasteiger partial charge in [-0.25, -0.2) is 9.18 Å². The van der Waals surface area contributed by atoms with Gasteiger partial charge in [0.15, 0.2) is 11.6 Å². The molecule has 5 heteroatoms. The summed E-state index contributed by atoms with van der Waals surface area (Å²) in [4.78, 5) is 10.4. The van der Waals surface area contributed by atoms with Crippen LogP contribution in [0.5, 0.6) is 5.75 Å². The predicted molar refractivity (Wildman–Crippen MR) is 44.8 cm³/mol. The zero-order valence-corrected chi connectivity index (χ0v) is 7.39. The molecule has 0 radical (unpaired) electrons. The van der Waals surface area contributed by atoms with Crippen LogP contribution in [0.4, 0.5) is 4.39 Å². The summed E-state index contributed by atoms with van der Waals surface area (Å²) in [7, 11) is 0. The monoisotopic (exact) mass is 204 g/mol. The van der Waals surface area contributed by atoms with Crippen molar-refractivity contribution in [1.29, 1.82) is 0 Å². The highest BCUT2D eigenvalue weighted by molar-refractivity contribution is 6.32. The second-order valence-corrected chi connectivity index (χ2v) is 2.90.